The number of esters is 2. The van der Waals surface area contributed by atoms with E-state index in [1.54, 1.807) is 30.7 Å². The lowest BCUT2D eigenvalue weighted by Gasteiger charge is -2.41. The van der Waals surface area contributed by atoms with Crippen molar-refractivity contribution in [2.75, 3.05) is 27.3 Å². The van der Waals surface area contributed by atoms with Crippen LogP contribution in [0.4, 0.5) is 4.79 Å². The Bertz CT molecular complexity index is 638. The van der Waals surface area contributed by atoms with Gasteiger partial charge in [-0.1, -0.05) is 30.3 Å². The molecule has 1 aromatic carbocycles. The van der Waals surface area contributed by atoms with Crippen molar-refractivity contribution in [3.05, 3.63) is 35.9 Å². The van der Waals surface area contributed by atoms with Gasteiger partial charge in [-0.15, -0.1) is 0 Å². The number of rotatable bonds is 5. The molecule has 1 heterocycles. The number of methoxy groups -OCH3 is 2. The van der Waals surface area contributed by atoms with E-state index in [0.29, 0.717) is 0 Å². The molecule has 1 aliphatic heterocycles. The van der Waals surface area contributed by atoms with Gasteiger partial charge in [0.1, 0.15) is 6.61 Å². The number of piperazine rings is 1. The van der Waals surface area contributed by atoms with Crippen molar-refractivity contribution in [2.45, 2.75) is 18.7 Å². The van der Waals surface area contributed by atoms with Crippen molar-refractivity contribution in [3.63, 3.8) is 0 Å². The zero-order valence-corrected chi connectivity index (χ0v) is 14.4. The highest BCUT2D eigenvalue weighted by Crippen LogP contribution is 2.19. The van der Waals surface area contributed by atoms with Gasteiger partial charge in [-0.2, -0.15) is 0 Å². The van der Waals surface area contributed by atoms with Crippen LogP contribution >= 0.6 is 0 Å². The van der Waals surface area contributed by atoms with E-state index in [0.717, 1.165) is 29.6 Å². The average molecular weight is 363 g/mol. The Morgan fingerprint density at radius 2 is 1.58 bits per heavy atom. The third kappa shape index (κ3) is 4.29. The molecule has 0 aliphatic carbocycles. The lowest BCUT2D eigenvalue weighted by molar-refractivity contribution is -0.157. The van der Waals surface area contributed by atoms with Crippen LogP contribution in [0.5, 0.6) is 0 Å². The largest absolute Gasteiger partial charge is 0.467 e. The SMILES string of the molecule is COC(=O)C1CN([C]=O)CC(C(=O)OC)N1C(=O)OCc1ccccc1. The molecule has 139 valence electrons. The fourth-order valence-corrected chi connectivity index (χ4v) is 2.66. The van der Waals surface area contributed by atoms with Gasteiger partial charge in [0, 0.05) is 0 Å². The van der Waals surface area contributed by atoms with Crippen LogP contribution in [-0.4, -0.2) is 73.6 Å². The molecule has 0 bridgehead atoms. The van der Waals surface area contributed by atoms with Crippen molar-refractivity contribution in [1.82, 2.24) is 9.80 Å². The van der Waals surface area contributed by atoms with E-state index < -0.39 is 30.1 Å². The molecule has 2 atom stereocenters. The summed E-state index contributed by atoms with van der Waals surface area (Å²) in [5, 5.41) is 0. The van der Waals surface area contributed by atoms with Crippen molar-refractivity contribution in [3.8, 4) is 0 Å². The highest BCUT2D eigenvalue weighted by atomic mass is 16.6. The van der Waals surface area contributed by atoms with Gasteiger partial charge in [-0.3, -0.25) is 9.69 Å². The molecule has 0 saturated carbocycles. The van der Waals surface area contributed by atoms with Gasteiger partial charge >= 0.3 is 24.4 Å². The van der Waals surface area contributed by atoms with Crippen molar-refractivity contribution >= 4 is 24.4 Å². The van der Waals surface area contributed by atoms with E-state index in [-0.39, 0.29) is 19.7 Å². The Morgan fingerprint density at radius 3 is 2.04 bits per heavy atom. The minimum Gasteiger partial charge on any atom is -0.467 e. The molecule has 1 saturated heterocycles. The van der Waals surface area contributed by atoms with E-state index in [2.05, 4.69) is 0 Å². The van der Waals surface area contributed by atoms with Gasteiger partial charge in [0.2, 0.25) is 0 Å². The maximum Gasteiger partial charge on any atom is 0.411 e. The summed E-state index contributed by atoms with van der Waals surface area (Å²) in [5.74, 6) is -1.56. The van der Waals surface area contributed by atoms with Crippen LogP contribution in [0.25, 0.3) is 0 Å². The van der Waals surface area contributed by atoms with Crippen LogP contribution in [0.3, 0.4) is 0 Å². The van der Waals surface area contributed by atoms with Gasteiger partial charge in [0.25, 0.3) is 0 Å². The zero-order valence-electron chi connectivity index (χ0n) is 14.4. The minimum absolute atomic E-state index is 0.0402. The topological polar surface area (TPSA) is 102 Å². The highest BCUT2D eigenvalue weighted by molar-refractivity contribution is 5.88. The van der Waals surface area contributed by atoms with Gasteiger partial charge in [-0.25, -0.2) is 14.4 Å². The molecular weight excluding hydrogens is 344 g/mol. The number of carbonyl (C=O) groups excluding carboxylic acids is 4. The van der Waals surface area contributed by atoms with Crippen LogP contribution in [0.15, 0.2) is 30.3 Å². The van der Waals surface area contributed by atoms with Crippen LogP contribution in [0, 0.1) is 0 Å². The molecule has 2 unspecified atom stereocenters. The summed E-state index contributed by atoms with van der Waals surface area (Å²) in [6.45, 7) is -0.365. The fourth-order valence-electron chi connectivity index (χ4n) is 2.66. The summed E-state index contributed by atoms with van der Waals surface area (Å²) in [7, 11) is 2.29. The van der Waals surface area contributed by atoms with E-state index >= 15 is 0 Å². The maximum absolute atomic E-state index is 12.6. The van der Waals surface area contributed by atoms with Crippen molar-refractivity contribution in [1.29, 1.82) is 0 Å². The number of nitrogens with zero attached hydrogens (tertiary/aromatic N) is 2. The van der Waals surface area contributed by atoms with Gasteiger partial charge in [-0.05, 0) is 5.56 Å². The normalized spacial score (nSPS) is 19.5. The number of hydrogen-bond donors (Lipinski definition) is 0. The van der Waals surface area contributed by atoms with E-state index in [1.165, 1.54) is 0 Å². The highest BCUT2D eigenvalue weighted by Gasteiger charge is 2.46. The molecular formula is C17H19N2O7. The first kappa shape index (κ1) is 19.2. The zero-order chi connectivity index (χ0) is 19.1. The van der Waals surface area contributed by atoms with E-state index in [4.69, 9.17) is 14.2 Å². The number of benzene rings is 1. The lowest BCUT2D eigenvalue weighted by Crippen LogP contribution is -2.65. The van der Waals surface area contributed by atoms with Gasteiger partial charge in [0.15, 0.2) is 12.1 Å². The van der Waals surface area contributed by atoms with Crippen LogP contribution in [0.1, 0.15) is 5.56 Å². The first-order valence-corrected chi connectivity index (χ1v) is 7.79. The van der Waals surface area contributed by atoms with Crippen molar-refractivity contribution in [2.24, 2.45) is 0 Å². The number of amides is 2. The molecule has 26 heavy (non-hydrogen) atoms. The predicted molar refractivity (Wildman–Crippen MR) is 87.3 cm³/mol. The standard InChI is InChI=1S/C17H19N2O7/c1-24-15(21)13-8-18(11-20)9-14(16(22)25-2)19(13)17(23)26-10-12-6-4-3-5-7-12/h3-7,13-14H,8-10H2,1-2H3. The fraction of sp³-hybridized carbons (Fsp3) is 0.412. The van der Waals surface area contributed by atoms with Gasteiger partial charge < -0.3 is 19.1 Å². The Balaban J connectivity index is 2.24. The molecule has 1 fully saturated rings. The molecule has 9 heteroatoms. The predicted octanol–water partition coefficient (Wildman–Crippen LogP) is 0.0912. The number of hydrogen-bond acceptors (Lipinski definition) is 7. The smallest absolute Gasteiger partial charge is 0.411 e. The number of ether oxygens (including phenoxy) is 3. The summed E-state index contributed by atoms with van der Waals surface area (Å²) in [4.78, 5) is 49.8. The van der Waals surface area contributed by atoms with Crippen molar-refractivity contribution < 1.29 is 33.4 Å². The summed E-state index contributed by atoms with van der Waals surface area (Å²) < 4.78 is 14.6. The second-order valence-corrected chi connectivity index (χ2v) is 5.52. The van der Waals surface area contributed by atoms with Crippen LogP contribution < -0.4 is 0 Å². The Kier molecular flexibility index (Phi) is 6.54. The molecule has 1 radical (unpaired) electrons. The Hall–Kier alpha value is -3.10. The quantitative estimate of drug-likeness (QED) is 0.540. The summed E-state index contributed by atoms with van der Waals surface area (Å²) in [5.41, 5.74) is 0.741. The molecule has 0 spiro atoms. The minimum atomic E-state index is -1.21. The first-order chi connectivity index (χ1) is 12.5. The number of carbonyl (C=O) groups is 3. The first-order valence-electron chi connectivity index (χ1n) is 7.79. The average Bonchev–Trinajstić information content (AvgIpc) is 2.70. The Labute approximate surface area is 150 Å². The third-order valence-electron chi connectivity index (χ3n) is 3.95. The molecule has 9 nitrogen and oxygen atoms in total. The van der Waals surface area contributed by atoms with E-state index in [1.807, 2.05) is 6.07 Å². The monoisotopic (exact) mass is 363 g/mol. The molecule has 0 aromatic heterocycles. The van der Waals surface area contributed by atoms with Gasteiger partial charge in [0.05, 0.1) is 27.3 Å². The molecule has 2 rings (SSSR count). The summed E-state index contributed by atoms with van der Waals surface area (Å²) in [6, 6.07) is 6.52. The molecule has 2 amide bonds. The summed E-state index contributed by atoms with van der Waals surface area (Å²) >= 11 is 0. The maximum atomic E-state index is 12.6. The second kappa shape index (κ2) is 8.84. The third-order valence-corrected chi connectivity index (χ3v) is 3.95. The molecule has 0 N–H and O–H groups in total. The second-order valence-electron chi connectivity index (χ2n) is 5.52. The van der Waals surface area contributed by atoms with Crippen LogP contribution in [-0.2, 0) is 35.2 Å². The summed E-state index contributed by atoms with van der Waals surface area (Å²) in [6.07, 6.45) is 0.744. The molecule has 1 aliphatic rings. The van der Waals surface area contributed by atoms with Crippen LogP contribution in [0.2, 0.25) is 0 Å². The van der Waals surface area contributed by atoms with E-state index in [9.17, 15) is 19.2 Å². The lowest BCUT2D eigenvalue weighted by atomic mass is 10.1. The Morgan fingerprint density at radius 1 is 1.04 bits per heavy atom. The molecule has 1 aromatic rings.